The lowest BCUT2D eigenvalue weighted by Gasteiger charge is -2.27. The highest BCUT2D eigenvalue weighted by Crippen LogP contribution is 2.21. The largest absolute Gasteiger partial charge is 0.378 e. The smallest absolute Gasteiger partial charge is 0.311 e. The first-order chi connectivity index (χ1) is 12.1. The summed E-state index contributed by atoms with van der Waals surface area (Å²) < 4.78 is 5.26. The summed E-state index contributed by atoms with van der Waals surface area (Å²) in [6.45, 7) is 2.61. The number of benzene rings is 1. The third-order valence-electron chi connectivity index (χ3n) is 3.92. The quantitative estimate of drug-likeness (QED) is 0.660. The average molecular weight is 342 g/mol. The molecule has 0 aliphatic carbocycles. The van der Waals surface area contributed by atoms with Crippen LogP contribution in [0.1, 0.15) is 15.9 Å². The normalized spacial score (nSPS) is 14.2. The minimum Gasteiger partial charge on any atom is -0.378 e. The number of anilines is 1. The number of carbonyl (C=O) groups excluding carboxylic acids is 1. The van der Waals surface area contributed by atoms with Crippen LogP contribution in [0.4, 0.5) is 11.5 Å². The van der Waals surface area contributed by atoms with Gasteiger partial charge in [0.15, 0.2) is 0 Å². The maximum atomic E-state index is 12.5. The number of hydrogen-bond acceptors (Lipinski definition) is 6. The lowest BCUT2D eigenvalue weighted by atomic mass is 10.1. The first-order valence-electron chi connectivity index (χ1n) is 7.94. The Morgan fingerprint density at radius 2 is 2.08 bits per heavy atom. The molecule has 0 saturated carbocycles. The number of nitrogens with zero attached hydrogens (tertiary/aromatic N) is 3. The fourth-order valence-electron chi connectivity index (χ4n) is 2.63. The molecular weight excluding hydrogens is 324 g/mol. The zero-order valence-corrected chi connectivity index (χ0v) is 13.6. The molecule has 1 aliphatic rings. The van der Waals surface area contributed by atoms with Gasteiger partial charge in [0.25, 0.3) is 5.91 Å². The number of nitrogens with one attached hydrogen (secondary N) is 1. The number of carbonyl (C=O) groups is 1. The molecule has 8 nitrogen and oxygen atoms in total. The Morgan fingerprint density at radius 1 is 1.28 bits per heavy atom. The fourth-order valence-corrected chi connectivity index (χ4v) is 2.63. The van der Waals surface area contributed by atoms with Crippen molar-refractivity contribution in [3.8, 4) is 0 Å². The van der Waals surface area contributed by atoms with Crippen LogP contribution < -0.4 is 5.32 Å². The standard InChI is InChI=1S/C17H18N4O4/c22-17(20-7-9-25-10-8-20)14-4-1-3-13(11-14)12-19-16-15(21(23)24)5-2-6-18-16/h1-6,11H,7-10,12H2,(H,18,19). The van der Waals surface area contributed by atoms with Crippen molar-refractivity contribution in [2.24, 2.45) is 0 Å². The lowest BCUT2D eigenvalue weighted by molar-refractivity contribution is -0.384. The molecule has 0 unspecified atom stereocenters. The van der Waals surface area contributed by atoms with Gasteiger partial charge in [-0.1, -0.05) is 12.1 Å². The zero-order chi connectivity index (χ0) is 17.6. The van der Waals surface area contributed by atoms with E-state index in [2.05, 4.69) is 10.3 Å². The number of nitro groups is 1. The van der Waals surface area contributed by atoms with E-state index in [0.29, 0.717) is 38.4 Å². The van der Waals surface area contributed by atoms with Crippen LogP contribution in [0.5, 0.6) is 0 Å². The maximum absolute atomic E-state index is 12.5. The van der Waals surface area contributed by atoms with E-state index in [9.17, 15) is 14.9 Å². The van der Waals surface area contributed by atoms with Gasteiger partial charge in [0.1, 0.15) is 0 Å². The number of pyridine rings is 1. The van der Waals surface area contributed by atoms with Gasteiger partial charge in [0.2, 0.25) is 5.82 Å². The fraction of sp³-hybridized carbons (Fsp3) is 0.294. The van der Waals surface area contributed by atoms with Crippen molar-refractivity contribution in [1.82, 2.24) is 9.88 Å². The van der Waals surface area contributed by atoms with E-state index in [1.807, 2.05) is 6.07 Å². The van der Waals surface area contributed by atoms with E-state index in [1.165, 1.54) is 18.3 Å². The molecule has 1 fully saturated rings. The van der Waals surface area contributed by atoms with Crippen LogP contribution >= 0.6 is 0 Å². The summed E-state index contributed by atoms with van der Waals surface area (Å²) in [6, 6.07) is 10.1. The highest BCUT2D eigenvalue weighted by molar-refractivity contribution is 5.94. The van der Waals surface area contributed by atoms with Crippen molar-refractivity contribution in [3.05, 3.63) is 63.8 Å². The monoisotopic (exact) mass is 342 g/mol. The van der Waals surface area contributed by atoms with Crippen molar-refractivity contribution >= 4 is 17.4 Å². The Kier molecular flexibility index (Phi) is 5.20. The molecule has 0 spiro atoms. The minimum atomic E-state index is -0.478. The molecule has 2 heterocycles. The summed E-state index contributed by atoms with van der Waals surface area (Å²) in [4.78, 5) is 28.8. The van der Waals surface area contributed by atoms with Crippen LogP contribution in [-0.4, -0.2) is 47.0 Å². The molecule has 1 aromatic carbocycles. The summed E-state index contributed by atoms with van der Waals surface area (Å²) in [5.74, 6) is 0.173. The topological polar surface area (TPSA) is 97.6 Å². The van der Waals surface area contributed by atoms with Gasteiger partial charge in [-0.3, -0.25) is 14.9 Å². The molecule has 1 aromatic heterocycles. The summed E-state index contributed by atoms with van der Waals surface area (Å²) in [7, 11) is 0. The summed E-state index contributed by atoms with van der Waals surface area (Å²) in [5.41, 5.74) is 1.36. The summed E-state index contributed by atoms with van der Waals surface area (Å²) in [5, 5.41) is 14.0. The Bertz CT molecular complexity index is 775. The first kappa shape index (κ1) is 16.8. The minimum absolute atomic E-state index is 0.0334. The predicted octanol–water partition coefficient (Wildman–Crippen LogP) is 2.07. The third kappa shape index (κ3) is 4.10. The van der Waals surface area contributed by atoms with Gasteiger partial charge in [-0.05, 0) is 23.8 Å². The first-order valence-corrected chi connectivity index (χ1v) is 7.94. The number of rotatable bonds is 5. The van der Waals surface area contributed by atoms with Gasteiger partial charge < -0.3 is 15.0 Å². The van der Waals surface area contributed by atoms with Crippen LogP contribution in [0.2, 0.25) is 0 Å². The Labute approximate surface area is 144 Å². The highest BCUT2D eigenvalue weighted by Gasteiger charge is 2.19. The second-order valence-electron chi connectivity index (χ2n) is 5.59. The molecule has 1 N–H and O–H groups in total. The summed E-state index contributed by atoms with van der Waals surface area (Å²) >= 11 is 0. The van der Waals surface area contributed by atoms with Crippen molar-refractivity contribution in [2.45, 2.75) is 6.54 Å². The molecule has 8 heteroatoms. The number of hydrogen-bond donors (Lipinski definition) is 1. The second-order valence-corrected chi connectivity index (χ2v) is 5.59. The Hall–Kier alpha value is -3.00. The van der Waals surface area contributed by atoms with Crippen LogP contribution in [-0.2, 0) is 11.3 Å². The molecule has 130 valence electrons. The number of ether oxygens (including phenoxy) is 1. The molecule has 1 saturated heterocycles. The van der Waals surface area contributed by atoms with Gasteiger partial charge >= 0.3 is 5.69 Å². The van der Waals surface area contributed by atoms with E-state index in [4.69, 9.17) is 4.74 Å². The van der Waals surface area contributed by atoms with Gasteiger partial charge in [0.05, 0.1) is 18.1 Å². The van der Waals surface area contributed by atoms with Crippen LogP contribution in [0.25, 0.3) is 0 Å². The molecule has 0 bridgehead atoms. The van der Waals surface area contributed by atoms with Crippen molar-refractivity contribution in [3.63, 3.8) is 0 Å². The molecule has 2 aromatic rings. The van der Waals surface area contributed by atoms with E-state index in [-0.39, 0.29) is 17.4 Å². The molecule has 3 rings (SSSR count). The second kappa shape index (κ2) is 7.71. The molecule has 25 heavy (non-hydrogen) atoms. The lowest BCUT2D eigenvalue weighted by Crippen LogP contribution is -2.40. The number of amides is 1. The van der Waals surface area contributed by atoms with Gasteiger partial charge in [-0.25, -0.2) is 4.98 Å². The molecule has 0 atom stereocenters. The van der Waals surface area contributed by atoms with Crippen LogP contribution in [0.3, 0.4) is 0 Å². The number of aromatic nitrogens is 1. The summed E-state index contributed by atoms with van der Waals surface area (Å²) in [6.07, 6.45) is 1.49. The van der Waals surface area contributed by atoms with Crippen molar-refractivity contribution in [2.75, 3.05) is 31.6 Å². The number of morpholine rings is 1. The van der Waals surface area contributed by atoms with Crippen molar-refractivity contribution < 1.29 is 14.5 Å². The molecule has 1 amide bonds. The van der Waals surface area contributed by atoms with Crippen LogP contribution in [0.15, 0.2) is 42.6 Å². The maximum Gasteiger partial charge on any atom is 0.311 e. The Morgan fingerprint density at radius 3 is 2.84 bits per heavy atom. The van der Waals surface area contributed by atoms with E-state index >= 15 is 0 Å². The highest BCUT2D eigenvalue weighted by atomic mass is 16.6. The average Bonchev–Trinajstić information content (AvgIpc) is 2.67. The Balaban J connectivity index is 1.70. The predicted molar refractivity (Wildman–Crippen MR) is 91.4 cm³/mol. The van der Waals surface area contributed by atoms with E-state index in [0.717, 1.165) is 5.56 Å². The van der Waals surface area contributed by atoms with Crippen molar-refractivity contribution in [1.29, 1.82) is 0 Å². The van der Waals surface area contributed by atoms with Gasteiger partial charge in [-0.2, -0.15) is 0 Å². The van der Waals surface area contributed by atoms with E-state index < -0.39 is 4.92 Å². The van der Waals surface area contributed by atoms with Crippen LogP contribution in [0, 0.1) is 10.1 Å². The van der Waals surface area contributed by atoms with Gasteiger partial charge in [0, 0.05) is 37.5 Å². The third-order valence-corrected chi connectivity index (χ3v) is 3.92. The van der Waals surface area contributed by atoms with Gasteiger partial charge in [-0.15, -0.1) is 0 Å². The SMILES string of the molecule is O=C(c1cccc(CNc2ncccc2[N+](=O)[O-])c1)N1CCOCC1. The zero-order valence-electron chi connectivity index (χ0n) is 13.6. The molecular formula is C17H18N4O4. The molecule has 0 radical (unpaired) electrons. The molecule has 1 aliphatic heterocycles. The van der Waals surface area contributed by atoms with E-state index in [1.54, 1.807) is 23.1 Å².